The van der Waals surface area contributed by atoms with E-state index in [-0.39, 0.29) is 23.7 Å². The van der Waals surface area contributed by atoms with Crippen molar-refractivity contribution in [2.24, 2.45) is 5.92 Å². The van der Waals surface area contributed by atoms with Crippen LogP contribution in [0.4, 0.5) is 0 Å². The summed E-state index contributed by atoms with van der Waals surface area (Å²) in [7, 11) is -3.63. The molecule has 2 aromatic carbocycles. The topological polar surface area (TPSA) is 54.5 Å². The highest BCUT2D eigenvalue weighted by molar-refractivity contribution is 7.89. The number of fused-ring (bicyclic) bond motifs is 1. The zero-order chi connectivity index (χ0) is 19.0. The number of hydrogen-bond donors (Lipinski definition) is 0. The van der Waals surface area contributed by atoms with Gasteiger partial charge in [-0.3, -0.25) is 4.79 Å². The summed E-state index contributed by atoms with van der Waals surface area (Å²) < 4.78 is 28.4. The number of benzene rings is 2. The summed E-state index contributed by atoms with van der Waals surface area (Å²) in [4.78, 5) is 13.2. The second kappa shape index (κ2) is 7.21. The van der Waals surface area contributed by atoms with Gasteiger partial charge in [0.2, 0.25) is 10.0 Å². The van der Waals surface area contributed by atoms with Gasteiger partial charge in [0.15, 0.2) is 0 Å². The van der Waals surface area contributed by atoms with Crippen LogP contribution in [0.2, 0.25) is 0 Å². The molecule has 0 radical (unpaired) electrons. The summed E-state index contributed by atoms with van der Waals surface area (Å²) in [6.07, 6.45) is 3.06. The molecular formula is C22H25NO3S. The van der Waals surface area contributed by atoms with E-state index >= 15 is 0 Å². The van der Waals surface area contributed by atoms with Crippen molar-refractivity contribution in [3.05, 3.63) is 65.7 Å². The molecule has 1 heterocycles. The number of aryl methyl sites for hydroxylation is 1. The highest BCUT2D eigenvalue weighted by Gasteiger charge is 2.50. The van der Waals surface area contributed by atoms with Gasteiger partial charge < -0.3 is 0 Å². The molecule has 1 aliphatic heterocycles. The predicted octanol–water partition coefficient (Wildman–Crippen LogP) is 3.91. The normalized spacial score (nSPS) is 26.6. The summed E-state index contributed by atoms with van der Waals surface area (Å²) in [6, 6.07) is 16.7. The number of sulfonamides is 1. The Morgan fingerprint density at radius 3 is 2.37 bits per heavy atom. The van der Waals surface area contributed by atoms with Crippen LogP contribution < -0.4 is 0 Å². The molecule has 2 aliphatic rings. The van der Waals surface area contributed by atoms with E-state index in [2.05, 4.69) is 0 Å². The first-order valence-corrected chi connectivity index (χ1v) is 11.1. The molecule has 0 bridgehead atoms. The Morgan fingerprint density at radius 2 is 1.67 bits per heavy atom. The van der Waals surface area contributed by atoms with Gasteiger partial charge in [-0.1, -0.05) is 54.4 Å². The fourth-order valence-electron chi connectivity index (χ4n) is 4.61. The van der Waals surface area contributed by atoms with Gasteiger partial charge in [-0.2, -0.15) is 4.31 Å². The Bertz CT molecular complexity index is 922. The van der Waals surface area contributed by atoms with E-state index in [0.29, 0.717) is 17.9 Å². The minimum atomic E-state index is -3.63. The van der Waals surface area contributed by atoms with Gasteiger partial charge in [-0.05, 0) is 37.5 Å². The van der Waals surface area contributed by atoms with Gasteiger partial charge in [0.1, 0.15) is 5.78 Å². The van der Waals surface area contributed by atoms with Gasteiger partial charge in [0.05, 0.1) is 4.90 Å². The van der Waals surface area contributed by atoms with Crippen LogP contribution in [-0.2, 0) is 14.8 Å². The molecule has 27 heavy (non-hydrogen) atoms. The molecule has 142 valence electrons. The zero-order valence-corrected chi connectivity index (χ0v) is 16.4. The third-order valence-electron chi connectivity index (χ3n) is 5.99. The zero-order valence-electron chi connectivity index (χ0n) is 15.5. The molecule has 2 aromatic rings. The van der Waals surface area contributed by atoms with Gasteiger partial charge in [-0.25, -0.2) is 8.42 Å². The van der Waals surface area contributed by atoms with E-state index in [0.717, 1.165) is 30.4 Å². The lowest BCUT2D eigenvalue weighted by Crippen LogP contribution is -2.39. The first-order valence-electron chi connectivity index (χ1n) is 9.64. The summed E-state index contributed by atoms with van der Waals surface area (Å²) in [6.45, 7) is 2.32. The molecule has 5 heteroatoms. The Kier molecular flexibility index (Phi) is 4.91. The molecule has 0 amide bonds. The van der Waals surface area contributed by atoms with E-state index in [1.807, 2.05) is 49.4 Å². The lowest BCUT2D eigenvalue weighted by molar-refractivity contribution is -0.123. The van der Waals surface area contributed by atoms with E-state index in [1.54, 1.807) is 16.4 Å². The van der Waals surface area contributed by atoms with Crippen molar-refractivity contribution < 1.29 is 13.2 Å². The summed E-state index contributed by atoms with van der Waals surface area (Å²) in [5.74, 6) is -0.0925. The average Bonchev–Trinajstić information content (AvgIpc) is 2.97. The predicted molar refractivity (Wildman–Crippen MR) is 105 cm³/mol. The molecule has 2 fully saturated rings. The summed E-state index contributed by atoms with van der Waals surface area (Å²) >= 11 is 0. The standard InChI is InChI=1S/C22H25NO3S/c1-16-11-13-18(14-12-16)27(25,26)23-15-19(17-7-3-2-4-8-17)22-20(23)9-5-6-10-21(22)24/h2-4,7-8,11-14,19-20,22H,5-6,9-10,15H2,1H3/t19-,20?,22-/m1/s1. The minimum absolute atomic E-state index is 0.0676. The molecule has 1 aliphatic carbocycles. The summed E-state index contributed by atoms with van der Waals surface area (Å²) in [5, 5.41) is 0. The van der Waals surface area contributed by atoms with Crippen molar-refractivity contribution in [1.82, 2.24) is 4.31 Å². The average molecular weight is 384 g/mol. The van der Waals surface area contributed by atoms with Crippen molar-refractivity contribution in [1.29, 1.82) is 0 Å². The number of Topliss-reactive ketones (excluding diaryl/α,β-unsaturated/α-hetero) is 1. The molecule has 4 nitrogen and oxygen atoms in total. The molecule has 1 saturated heterocycles. The van der Waals surface area contributed by atoms with Gasteiger partial charge in [0, 0.05) is 30.8 Å². The van der Waals surface area contributed by atoms with E-state index in [4.69, 9.17) is 0 Å². The van der Waals surface area contributed by atoms with Crippen LogP contribution in [0.5, 0.6) is 0 Å². The monoisotopic (exact) mass is 383 g/mol. The van der Waals surface area contributed by atoms with Gasteiger partial charge >= 0.3 is 0 Å². The third kappa shape index (κ3) is 3.34. The molecule has 1 saturated carbocycles. The molecular weight excluding hydrogens is 358 g/mol. The Labute approximate surface area is 161 Å². The van der Waals surface area contributed by atoms with Crippen LogP contribution in [0.3, 0.4) is 0 Å². The van der Waals surface area contributed by atoms with E-state index in [1.165, 1.54) is 0 Å². The summed E-state index contributed by atoms with van der Waals surface area (Å²) in [5.41, 5.74) is 2.09. The maximum absolute atomic E-state index is 13.4. The molecule has 0 spiro atoms. The molecule has 4 rings (SSSR count). The van der Waals surface area contributed by atoms with Crippen LogP contribution in [0.15, 0.2) is 59.5 Å². The number of nitrogens with zero attached hydrogens (tertiary/aromatic N) is 1. The van der Waals surface area contributed by atoms with E-state index in [9.17, 15) is 13.2 Å². The van der Waals surface area contributed by atoms with Crippen LogP contribution >= 0.6 is 0 Å². The Balaban J connectivity index is 1.76. The molecule has 3 atom stereocenters. The highest BCUT2D eigenvalue weighted by Crippen LogP contribution is 2.44. The van der Waals surface area contributed by atoms with Gasteiger partial charge in [-0.15, -0.1) is 0 Å². The van der Waals surface area contributed by atoms with Crippen molar-refractivity contribution >= 4 is 15.8 Å². The first-order chi connectivity index (χ1) is 13.0. The molecule has 0 aromatic heterocycles. The number of rotatable bonds is 3. The number of hydrogen-bond acceptors (Lipinski definition) is 3. The number of ketones is 1. The van der Waals surface area contributed by atoms with Crippen molar-refractivity contribution in [3.63, 3.8) is 0 Å². The Morgan fingerprint density at radius 1 is 0.963 bits per heavy atom. The Hall–Kier alpha value is -1.98. The third-order valence-corrected chi connectivity index (χ3v) is 7.90. The lowest BCUT2D eigenvalue weighted by atomic mass is 9.82. The second-order valence-electron chi connectivity index (χ2n) is 7.71. The quantitative estimate of drug-likeness (QED) is 0.807. The molecule has 0 N–H and O–H groups in total. The van der Waals surface area contributed by atoms with E-state index < -0.39 is 10.0 Å². The lowest BCUT2D eigenvalue weighted by Gasteiger charge is -2.26. The number of carbonyl (C=O) groups is 1. The van der Waals surface area contributed by atoms with Crippen molar-refractivity contribution in [3.8, 4) is 0 Å². The minimum Gasteiger partial charge on any atom is -0.299 e. The maximum Gasteiger partial charge on any atom is 0.243 e. The molecule has 1 unspecified atom stereocenters. The van der Waals surface area contributed by atoms with Crippen LogP contribution in [0, 0.1) is 12.8 Å². The fraction of sp³-hybridized carbons (Fsp3) is 0.409. The SMILES string of the molecule is Cc1ccc(S(=O)(=O)N2C[C@H](c3ccccc3)[C@H]3C(=O)CCCCC32)cc1. The van der Waals surface area contributed by atoms with Crippen LogP contribution in [0.1, 0.15) is 42.7 Å². The smallest absolute Gasteiger partial charge is 0.243 e. The van der Waals surface area contributed by atoms with Gasteiger partial charge in [0.25, 0.3) is 0 Å². The largest absolute Gasteiger partial charge is 0.299 e. The van der Waals surface area contributed by atoms with Crippen molar-refractivity contribution in [2.75, 3.05) is 6.54 Å². The van der Waals surface area contributed by atoms with Crippen LogP contribution in [-0.4, -0.2) is 31.1 Å². The number of carbonyl (C=O) groups excluding carboxylic acids is 1. The highest BCUT2D eigenvalue weighted by atomic mass is 32.2. The van der Waals surface area contributed by atoms with Crippen molar-refractivity contribution in [2.45, 2.75) is 49.5 Å². The second-order valence-corrected chi connectivity index (χ2v) is 9.60. The maximum atomic E-state index is 13.4. The van der Waals surface area contributed by atoms with Crippen LogP contribution in [0.25, 0.3) is 0 Å². The fourth-order valence-corrected chi connectivity index (χ4v) is 6.31. The first kappa shape index (κ1) is 18.4.